The molecule has 2 aromatic rings. The molecule has 122 valence electrons. The average Bonchev–Trinajstić information content (AvgIpc) is 2.51. The number of aryl methyl sites for hydroxylation is 1. The van der Waals surface area contributed by atoms with Crippen molar-refractivity contribution in [2.75, 3.05) is 5.32 Å². The number of amides is 1. The second-order valence-electron chi connectivity index (χ2n) is 5.40. The molecule has 2 aromatic carbocycles. The Bertz CT molecular complexity index is 801. The summed E-state index contributed by atoms with van der Waals surface area (Å²) in [5.74, 6) is -0.769. The molecular formula is C17H18ClNO3S. The highest BCUT2D eigenvalue weighted by molar-refractivity contribution is 7.92. The minimum absolute atomic E-state index is 0.176. The Morgan fingerprint density at radius 3 is 2.35 bits per heavy atom. The zero-order valence-electron chi connectivity index (χ0n) is 12.9. The Morgan fingerprint density at radius 1 is 1.13 bits per heavy atom. The summed E-state index contributed by atoms with van der Waals surface area (Å²) in [5, 5.41) is 1.76. The summed E-state index contributed by atoms with van der Waals surface area (Å²) in [4.78, 5) is 12.2. The maximum absolute atomic E-state index is 12.4. The van der Waals surface area contributed by atoms with Gasteiger partial charge in [-0.3, -0.25) is 4.79 Å². The highest BCUT2D eigenvalue weighted by Crippen LogP contribution is 2.21. The molecule has 23 heavy (non-hydrogen) atoms. The van der Waals surface area contributed by atoms with Gasteiger partial charge in [0.25, 0.3) is 0 Å². The smallest absolute Gasteiger partial charge is 0.242 e. The van der Waals surface area contributed by atoms with E-state index in [1.54, 1.807) is 36.4 Å². The minimum Gasteiger partial charge on any atom is -0.324 e. The molecule has 4 nitrogen and oxygen atoms in total. The topological polar surface area (TPSA) is 63.2 Å². The summed E-state index contributed by atoms with van der Waals surface area (Å²) >= 11 is 5.97. The van der Waals surface area contributed by atoms with Crippen LogP contribution in [-0.4, -0.2) is 19.6 Å². The molecule has 1 amide bonds. The van der Waals surface area contributed by atoms with Gasteiger partial charge in [0.05, 0.1) is 16.5 Å². The van der Waals surface area contributed by atoms with Gasteiger partial charge in [0.15, 0.2) is 9.84 Å². The quantitative estimate of drug-likeness (QED) is 0.895. The Hall–Kier alpha value is -1.85. The number of para-hydroxylation sites is 1. The molecule has 0 spiro atoms. The number of sulfone groups is 1. The fourth-order valence-electron chi connectivity index (χ4n) is 2.00. The zero-order chi connectivity index (χ0) is 17.0. The number of halogens is 1. The van der Waals surface area contributed by atoms with Crippen LogP contribution in [0, 0.1) is 6.92 Å². The molecule has 6 heteroatoms. The van der Waals surface area contributed by atoms with Gasteiger partial charge < -0.3 is 5.32 Å². The van der Waals surface area contributed by atoms with Crippen molar-refractivity contribution in [2.45, 2.75) is 24.9 Å². The molecule has 0 fully saturated rings. The van der Waals surface area contributed by atoms with Gasteiger partial charge in [0, 0.05) is 0 Å². The maximum Gasteiger partial charge on any atom is 0.242 e. The number of carbonyl (C=O) groups excluding carboxylic acids is 1. The number of anilines is 1. The van der Waals surface area contributed by atoms with Crippen molar-refractivity contribution in [3.8, 4) is 0 Å². The second kappa shape index (κ2) is 7.15. The Kier molecular flexibility index (Phi) is 5.44. The van der Waals surface area contributed by atoms with E-state index in [1.807, 2.05) is 19.1 Å². The third kappa shape index (κ3) is 4.56. The van der Waals surface area contributed by atoms with Crippen molar-refractivity contribution in [2.24, 2.45) is 0 Å². The van der Waals surface area contributed by atoms with Crippen molar-refractivity contribution in [3.63, 3.8) is 0 Å². The van der Waals surface area contributed by atoms with Crippen LogP contribution < -0.4 is 5.32 Å². The van der Waals surface area contributed by atoms with Crippen molar-refractivity contribution in [3.05, 3.63) is 64.7 Å². The first kappa shape index (κ1) is 17.5. The molecule has 1 N–H and O–H groups in total. The summed E-state index contributed by atoms with van der Waals surface area (Å²) in [7, 11) is -3.61. The van der Waals surface area contributed by atoms with Gasteiger partial charge in [0.2, 0.25) is 5.91 Å². The van der Waals surface area contributed by atoms with Crippen molar-refractivity contribution in [1.82, 2.24) is 0 Å². The summed E-state index contributed by atoms with van der Waals surface area (Å²) in [6.07, 6.45) is 0. The predicted octanol–water partition coefficient (Wildman–Crippen LogP) is 3.59. The van der Waals surface area contributed by atoms with Crippen molar-refractivity contribution in [1.29, 1.82) is 0 Å². The summed E-state index contributed by atoms with van der Waals surface area (Å²) in [5.41, 5.74) is 2.11. The van der Waals surface area contributed by atoms with Crippen molar-refractivity contribution < 1.29 is 13.2 Å². The lowest BCUT2D eigenvalue weighted by Crippen LogP contribution is -2.33. The normalized spacial score (nSPS) is 12.7. The van der Waals surface area contributed by atoms with Gasteiger partial charge >= 0.3 is 0 Å². The summed E-state index contributed by atoms with van der Waals surface area (Å²) in [6, 6.07) is 13.9. The molecular weight excluding hydrogens is 334 g/mol. The molecule has 1 unspecified atom stereocenters. The van der Waals surface area contributed by atoms with E-state index in [9.17, 15) is 13.2 Å². The number of carbonyl (C=O) groups is 1. The lowest BCUT2D eigenvalue weighted by Gasteiger charge is -2.14. The average molecular weight is 352 g/mol. The fraction of sp³-hybridized carbons (Fsp3) is 0.235. The number of nitrogens with one attached hydrogen (secondary N) is 1. The predicted molar refractivity (Wildman–Crippen MR) is 93.3 cm³/mol. The molecule has 0 heterocycles. The SMILES string of the molecule is Cc1ccc(CS(=O)(=O)C(C)C(=O)Nc2ccccc2Cl)cc1. The van der Waals surface area contributed by atoms with Crippen LogP contribution in [-0.2, 0) is 20.4 Å². The van der Waals surface area contributed by atoms with Crippen LogP contribution >= 0.6 is 11.6 Å². The van der Waals surface area contributed by atoms with E-state index in [2.05, 4.69) is 5.32 Å². The molecule has 2 rings (SSSR count). The van der Waals surface area contributed by atoms with E-state index in [1.165, 1.54) is 6.92 Å². The molecule has 0 aliphatic carbocycles. The molecule has 0 aromatic heterocycles. The monoisotopic (exact) mass is 351 g/mol. The largest absolute Gasteiger partial charge is 0.324 e. The van der Waals surface area contributed by atoms with Gasteiger partial charge in [-0.1, -0.05) is 53.6 Å². The lowest BCUT2D eigenvalue weighted by atomic mass is 10.2. The number of benzene rings is 2. The van der Waals surface area contributed by atoms with Crippen LogP contribution in [0.15, 0.2) is 48.5 Å². The maximum atomic E-state index is 12.4. The highest BCUT2D eigenvalue weighted by atomic mass is 35.5. The van der Waals surface area contributed by atoms with E-state index in [4.69, 9.17) is 11.6 Å². The van der Waals surface area contributed by atoms with Crippen LogP contribution in [0.4, 0.5) is 5.69 Å². The van der Waals surface area contributed by atoms with Gasteiger partial charge in [0.1, 0.15) is 5.25 Å². The summed E-state index contributed by atoms with van der Waals surface area (Å²) in [6.45, 7) is 3.31. The van der Waals surface area contributed by atoms with E-state index in [0.29, 0.717) is 16.3 Å². The fourth-order valence-corrected chi connectivity index (χ4v) is 3.48. The minimum atomic E-state index is -3.61. The third-order valence-electron chi connectivity index (χ3n) is 3.53. The van der Waals surface area contributed by atoms with Crippen LogP contribution in [0.5, 0.6) is 0 Å². The van der Waals surface area contributed by atoms with Crippen molar-refractivity contribution >= 4 is 33.0 Å². The second-order valence-corrected chi connectivity index (χ2v) is 8.13. The van der Waals surface area contributed by atoms with E-state index < -0.39 is 21.0 Å². The molecule has 0 bridgehead atoms. The first-order chi connectivity index (χ1) is 10.8. The van der Waals surface area contributed by atoms with E-state index >= 15 is 0 Å². The first-order valence-electron chi connectivity index (χ1n) is 7.12. The number of rotatable bonds is 5. The third-order valence-corrected chi connectivity index (χ3v) is 5.88. The molecule has 0 saturated heterocycles. The van der Waals surface area contributed by atoms with Crippen LogP contribution in [0.3, 0.4) is 0 Å². The zero-order valence-corrected chi connectivity index (χ0v) is 14.5. The Labute approximate surface area is 141 Å². The standard InChI is InChI=1S/C17H18ClNO3S/c1-12-7-9-14(10-8-12)11-23(21,22)13(2)17(20)19-16-6-4-3-5-15(16)18/h3-10,13H,11H2,1-2H3,(H,19,20). The van der Waals surface area contributed by atoms with Crippen LogP contribution in [0.1, 0.15) is 18.1 Å². The van der Waals surface area contributed by atoms with E-state index in [-0.39, 0.29) is 5.75 Å². The van der Waals surface area contributed by atoms with E-state index in [0.717, 1.165) is 5.56 Å². The molecule has 1 atom stereocenters. The number of hydrogen-bond donors (Lipinski definition) is 1. The van der Waals surface area contributed by atoms with Crippen LogP contribution in [0.25, 0.3) is 0 Å². The lowest BCUT2D eigenvalue weighted by molar-refractivity contribution is -0.115. The Balaban J connectivity index is 2.11. The van der Waals surface area contributed by atoms with Gasteiger partial charge in [-0.25, -0.2) is 8.42 Å². The Morgan fingerprint density at radius 2 is 1.74 bits per heavy atom. The summed E-state index contributed by atoms with van der Waals surface area (Å²) < 4.78 is 24.8. The highest BCUT2D eigenvalue weighted by Gasteiger charge is 2.28. The van der Waals surface area contributed by atoms with Gasteiger partial charge in [-0.15, -0.1) is 0 Å². The van der Waals surface area contributed by atoms with Gasteiger partial charge in [-0.05, 0) is 31.5 Å². The molecule has 0 saturated carbocycles. The van der Waals surface area contributed by atoms with Gasteiger partial charge in [-0.2, -0.15) is 0 Å². The molecule has 0 radical (unpaired) electrons. The van der Waals surface area contributed by atoms with Crippen LogP contribution in [0.2, 0.25) is 5.02 Å². The first-order valence-corrected chi connectivity index (χ1v) is 9.21. The molecule has 0 aliphatic heterocycles. The molecule has 0 aliphatic rings. The number of hydrogen-bond acceptors (Lipinski definition) is 3.